The number of ether oxygens (including phenoxy) is 1. The van der Waals surface area contributed by atoms with Crippen molar-refractivity contribution in [2.24, 2.45) is 5.41 Å². The third-order valence-corrected chi connectivity index (χ3v) is 1.69. The summed E-state index contributed by atoms with van der Waals surface area (Å²) < 4.78 is 5.30. The van der Waals surface area contributed by atoms with Gasteiger partial charge in [0.1, 0.15) is 5.60 Å². The molecular formula is C13H22O2. The fourth-order valence-electron chi connectivity index (χ4n) is 1.75. The first-order chi connectivity index (χ1) is 6.66. The van der Waals surface area contributed by atoms with Crippen LogP contribution < -0.4 is 0 Å². The minimum absolute atomic E-state index is 0.141. The van der Waals surface area contributed by atoms with Crippen molar-refractivity contribution < 1.29 is 9.53 Å². The fourth-order valence-corrected chi connectivity index (χ4v) is 1.75. The molecule has 0 aromatic rings. The molecule has 2 nitrogen and oxygen atoms in total. The molecule has 0 spiro atoms. The molecule has 0 aromatic carbocycles. The Kier molecular flexibility index (Phi) is 4.87. The first-order valence-corrected chi connectivity index (χ1v) is 5.38. The molecule has 0 radical (unpaired) electrons. The normalized spacial score (nSPS) is 11.6. The van der Waals surface area contributed by atoms with Crippen molar-refractivity contribution in [3.8, 4) is 11.8 Å². The Morgan fingerprint density at radius 2 is 1.73 bits per heavy atom. The van der Waals surface area contributed by atoms with E-state index in [-0.39, 0.29) is 5.41 Å². The lowest BCUT2D eigenvalue weighted by atomic mass is 9.84. The third-order valence-electron chi connectivity index (χ3n) is 1.69. The zero-order valence-electron chi connectivity index (χ0n) is 10.7. The lowest BCUT2D eigenvalue weighted by molar-refractivity contribution is -0.151. The Morgan fingerprint density at radius 3 is 2.13 bits per heavy atom. The quantitative estimate of drug-likeness (QED) is 0.397. The summed E-state index contributed by atoms with van der Waals surface area (Å²) >= 11 is 0. The van der Waals surface area contributed by atoms with Crippen LogP contribution in [0, 0.1) is 17.3 Å². The lowest BCUT2D eigenvalue weighted by Gasteiger charge is -2.31. The topological polar surface area (TPSA) is 26.3 Å². The van der Waals surface area contributed by atoms with Crippen molar-refractivity contribution in [2.45, 2.75) is 60.0 Å². The number of carbonyl (C=O) groups excluding carboxylic acids is 1. The monoisotopic (exact) mass is 210 g/mol. The van der Waals surface area contributed by atoms with Gasteiger partial charge < -0.3 is 4.74 Å². The van der Waals surface area contributed by atoms with Crippen molar-refractivity contribution in [1.82, 2.24) is 0 Å². The van der Waals surface area contributed by atoms with Gasteiger partial charge in [-0.1, -0.05) is 33.6 Å². The van der Waals surface area contributed by atoms with Crippen molar-refractivity contribution in [2.75, 3.05) is 0 Å². The van der Waals surface area contributed by atoms with Gasteiger partial charge in [0, 0.05) is 12.3 Å². The summed E-state index contributed by atoms with van der Waals surface area (Å²) in [6, 6.07) is 0. The van der Waals surface area contributed by atoms with Gasteiger partial charge in [0.05, 0.1) is 0 Å². The maximum absolute atomic E-state index is 11.3. The maximum Gasteiger partial charge on any atom is 0.384 e. The predicted molar refractivity (Wildman–Crippen MR) is 62.3 cm³/mol. The van der Waals surface area contributed by atoms with Gasteiger partial charge in [-0.05, 0) is 25.7 Å². The second kappa shape index (κ2) is 5.21. The van der Waals surface area contributed by atoms with E-state index >= 15 is 0 Å². The van der Waals surface area contributed by atoms with Gasteiger partial charge in [0.15, 0.2) is 0 Å². The summed E-state index contributed by atoms with van der Waals surface area (Å²) in [6.07, 6.45) is 1.49. The number of rotatable bonds is 2. The third kappa shape index (κ3) is 8.05. The van der Waals surface area contributed by atoms with Gasteiger partial charge in [0.25, 0.3) is 0 Å². The van der Waals surface area contributed by atoms with Crippen molar-refractivity contribution in [1.29, 1.82) is 0 Å². The second-order valence-electron chi connectivity index (χ2n) is 5.54. The van der Waals surface area contributed by atoms with E-state index in [0.717, 1.165) is 6.42 Å². The van der Waals surface area contributed by atoms with Crippen LogP contribution in [0.15, 0.2) is 0 Å². The number of esters is 1. The molecule has 0 aliphatic rings. The molecule has 0 heterocycles. The second-order valence-corrected chi connectivity index (χ2v) is 5.54. The Labute approximate surface area is 93.4 Å². The van der Waals surface area contributed by atoms with E-state index in [4.69, 9.17) is 4.74 Å². The maximum atomic E-state index is 11.3. The van der Waals surface area contributed by atoms with E-state index in [1.807, 2.05) is 20.8 Å². The minimum Gasteiger partial charge on any atom is -0.450 e. The molecule has 0 rings (SSSR count). The molecule has 0 fully saturated rings. The molecule has 15 heavy (non-hydrogen) atoms. The summed E-state index contributed by atoms with van der Waals surface area (Å²) in [5.41, 5.74) is -0.306. The van der Waals surface area contributed by atoms with Gasteiger partial charge in [-0.15, -0.1) is 0 Å². The van der Waals surface area contributed by atoms with E-state index in [9.17, 15) is 4.79 Å². The largest absolute Gasteiger partial charge is 0.450 e. The predicted octanol–water partition coefficient (Wildman–Crippen LogP) is 3.16. The zero-order chi connectivity index (χ0) is 12.1. The lowest BCUT2D eigenvalue weighted by Crippen LogP contribution is -2.32. The number of carbonyl (C=O) groups is 1. The highest BCUT2D eigenvalue weighted by atomic mass is 16.6. The molecule has 0 N–H and O–H groups in total. The summed E-state index contributed by atoms with van der Waals surface area (Å²) in [6.45, 7) is 12.1. The van der Waals surface area contributed by atoms with Crippen LogP contribution in [0.3, 0.4) is 0 Å². The van der Waals surface area contributed by atoms with Crippen LogP contribution in [-0.2, 0) is 9.53 Å². The summed E-state index contributed by atoms with van der Waals surface area (Å²) in [5.74, 6) is 4.75. The van der Waals surface area contributed by atoms with Gasteiger partial charge in [-0.25, -0.2) is 4.79 Å². The highest BCUT2D eigenvalue weighted by molar-refractivity contribution is 5.88. The number of hydrogen-bond acceptors (Lipinski definition) is 2. The Balaban J connectivity index is 4.32. The van der Waals surface area contributed by atoms with Crippen LogP contribution in [0.2, 0.25) is 0 Å². The minimum atomic E-state index is -0.447. The first kappa shape index (κ1) is 14.0. The van der Waals surface area contributed by atoms with E-state index in [2.05, 4.69) is 32.6 Å². The Hall–Kier alpha value is -0.970. The fraction of sp³-hybridized carbons (Fsp3) is 0.769. The van der Waals surface area contributed by atoms with Crippen LogP contribution in [-0.4, -0.2) is 11.6 Å². The highest BCUT2D eigenvalue weighted by Crippen LogP contribution is 2.29. The van der Waals surface area contributed by atoms with E-state index in [0.29, 0.717) is 6.42 Å². The first-order valence-electron chi connectivity index (χ1n) is 5.38. The smallest absolute Gasteiger partial charge is 0.384 e. The molecule has 0 saturated heterocycles. The molecule has 0 bridgehead atoms. The molecule has 0 unspecified atom stereocenters. The van der Waals surface area contributed by atoms with E-state index < -0.39 is 11.6 Å². The molecule has 2 heteroatoms. The molecular weight excluding hydrogens is 188 g/mol. The highest BCUT2D eigenvalue weighted by Gasteiger charge is 2.28. The Bertz CT molecular complexity index is 271. The molecule has 0 aliphatic carbocycles. The summed E-state index contributed by atoms with van der Waals surface area (Å²) in [7, 11) is 0. The average Bonchev–Trinajstić information content (AvgIpc) is 1.94. The molecule has 86 valence electrons. The van der Waals surface area contributed by atoms with Crippen LogP contribution in [0.25, 0.3) is 0 Å². The Morgan fingerprint density at radius 1 is 1.20 bits per heavy atom. The molecule has 0 amide bonds. The standard InChI is InChI=1S/C13H22O2/c1-7-8-9-11(14)15-13(5,6)10-12(2,3)4/h7,10H2,1-6H3. The van der Waals surface area contributed by atoms with Crippen LogP contribution in [0.5, 0.6) is 0 Å². The summed E-state index contributed by atoms with van der Waals surface area (Å²) in [5, 5.41) is 0. The molecule has 0 aromatic heterocycles. The van der Waals surface area contributed by atoms with Crippen molar-refractivity contribution >= 4 is 5.97 Å². The van der Waals surface area contributed by atoms with Crippen LogP contribution in [0.1, 0.15) is 54.4 Å². The number of hydrogen-bond donors (Lipinski definition) is 0. The molecule has 0 saturated carbocycles. The van der Waals surface area contributed by atoms with E-state index in [1.54, 1.807) is 0 Å². The van der Waals surface area contributed by atoms with Crippen LogP contribution in [0.4, 0.5) is 0 Å². The van der Waals surface area contributed by atoms with Gasteiger partial charge in [-0.2, -0.15) is 0 Å². The van der Waals surface area contributed by atoms with Gasteiger partial charge in [-0.3, -0.25) is 0 Å². The molecule has 0 atom stereocenters. The average molecular weight is 210 g/mol. The van der Waals surface area contributed by atoms with Gasteiger partial charge >= 0.3 is 5.97 Å². The van der Waals surface area contributed by atoms with Crippen molar-refractivity contribution in [3.63, 3.8) is 0 Å². The van der Waals surface area contributed by atoms with E-state index in [1.165, 1.54) is 0 Å². The SMILES string of the molecule is CCC#CC(=O)OC(C)(C)CC(C)(C)C. The molecule has 0 aliphatic heterocycles. The van der Waals surface area contributed by atoms with Crippen LogP contribution >= 0.6 is 0 Å². The van der Waals surface area contributed by atoms with Gasteiger partial charge in [0.2, 0.25) is 0 Å². The summed E-state index contributed by atoms with van der Waals surface area (Å²) in [4.78, 5) is 11.3. The van der Waals surface area contributed by atoms with Crippen molar-refractivity contribution in [3.05, 3.63) is 0 Å². The zero-order valence-corrected chi connectivity index (χ0v) is 10.7.